The van der Waals surface area contributed by atoms with Crippen LogP contribution in [0.5, 0.6) is 0 Å². The maximum absolute atomic E-state index is 9.90. The first-order valence-corrected chi connectivity index (χ1v) is 6.40. The van der Waals surface area contributed by atoms with Crippen molar-refractivity contribution in [2.75, 3.05) is 6.54 Å². The van der Waals surface area contributed by atoms with Crippen LogP contribution in [0, 0.1) is 0 Å². The zero-order valence-corrected chi connectivity index (χ0v) is 10.1. The van der Waals surface area contributed by atoms with Crippen molar-refractivity contribution in [3.05, 3.63) is 35.9 Å². The number of hydrogen-bond acceptors (Lipinski definition) is 3. The highest BCUT2D eigenvalue weighted by atomic mass is 16.6. The summed E-state index contributed by atoms with van der Waals surface area (Å²) in [6.45, 7) is 3.23. The van der Waals surface area contributed by atoms with Gasteiger partial charge in [-0.05, 0) is 25.3 Å². The van der Waals surface area contributed by atoms with Crippen molar-refractivity contribution in [2.45, 2.75) is 44.2 Å². The zero-order chi connectivity index (χ0) is 11.8. The molecule has 1 aromatic rings. The Morgan fingerprint density at radius 3 is 2.88 bits per heavy atom. The van der Waals surface area contributed by atoms with Crippen LogP contribution in [0.4, 0.5) is 0 Å². The standard InChI is InChI=1S/C14H19NO2/c1-10(11-5-3-2-4-6-11)15-8-7-12-9-13(15)14(16)17-12/h2-6,10,12-14,16H,7-9H2,1H3/t10?,12-,13+,14?/m0/s1. The van der Waals surface area contributed by atoms with E-state index in [2.05, 4.69) is 36.1 Å². The highest BCUT2D eigenvalue weighted by Gasteiger charge is 2.43. The average molecular weight is 233 g/mol. The molecule has 0 aliphatic carbocycles. The fourth-order valence-electron chi connectivity index (χ4n) is 3.08. The summed E-state index contributed by atoms with van der Waals surface area (Å²) in [6.07, 6.45) is 1.67. The molecule has 0 spiro atoms. The van der Waals surface area contributed by atoms with Crippen molar-refractivity contribution in [3.63, 3.8) is 0 Å². The van der Waals surface area contributed by atoms with E-state index >= 15 is 0 Å². The number of aliphatic hydroxyl groups is 1. The minimum atomic E-state index is -0.603. The van der Waals surface area contributed by atoms with Crippen molar-refractivity contribution in [2.24, 2.45) is 0 Å². The van der Waals surface area contributed by atoms with E-state index in [9.17, 15) is 5.11 Å². The van der Waals surface area contributed by atoms with Crippen LogP contribution in [0.15, 0.2) is 30.3 Å². The van der Waals surface area contributed by atoms with Crippen molar-refractivity contribution in [1.29, 1.82) is 0 Å². The molecule has 92 valence electrons. The highest BCUT2D eigenvalue weighted by Crippen LogP contribution is 2.36. The van der Waals surface area contributed by atoms with E-state index in [-0.39, 0.29) is 12.1 Å². The summed E-state index contributed by atoms with van der Waals surface area (Å²) in [5.74, 6) is 0. The molecular formula is C14H19NO2. The predicted octanol–water partition coefficient (Wildman–Crippen LogP) is 1.93. The second kappa shape index (κ2) is 4.41. The Morgan fingerprint density at radius 2 is 2.12 bits per heavy atom. The molecule has 1 aromatic carbocycles. The Kier molecular flexibility index (Phi) is 2.90. The maximum Gasteiger partial charge on any atom is 0.170 e. The lowest BCUT2D eigenvalue weighted by atomic mass is 9.97. The second-order valence-electron chi connectivity index (χ2n) is 5.06. The van der Waals surface area contributed by atoms with E-state index in [0.29, 0.717) is 6.04 Å². The molecule has 0 aromatic heterocycles. The van der Waals surface area contributed by atoms with Gasteiger partial charge in [-0.25, -0.2) is 0 Å². The molecule has 3 heteroatoms. The van der Waals surface area contributed by atoms with Gasteiger partial charge in [-0.1, -0.05) is 30.3 Å². The number of nitrogens with zero attached hydrogens (tertiary/aromatic N) is 1. The number of rotatable bonds is 2. The summed E-state index contributed by atoms with van der Waals surface area (Å²) in [5.41, 5.74) is 1.31. The molecule has 0 amide bonds. The molecule has 2 saturated heterocycles. The first-order valence-electron chi connectivity index (χ1n) is 6.40. The third kappa shape index (κ3) is 1.99. The Hall–Kier alpha value is -0.900. The van der Waals surface area contributed by atoms with Crippen molar-refractivity contribution in [1.82, 2.24) is 4.90 Å². The van der Waals surface area contributed by atoms with Crippen LogP contribution in [0.2, 0.25) is 0 Å². The molecule has 2 heterocycles. The quantitative estimate of drug-likeness (QED) is 0.847. The van der Waals surface area contributed by atoms with Crippen LogP contribution >= 0.6 is 0 Å². The number of aliphatic hydroxyl groups excluding tert-OH is 1. The first kappa shape index (κ1) is 11.2. The van der Waals surface area contributed by atoms with E-state index in [0.717, 1.165) is 19.4 Å². The Bertz CT molecular complexity index is 381. The average Bonchev–Trinajstić information content (AvgIpc) is 2.66. The molecule has 17 heavy (non-hydrogen) atoms. The molecule has 2 aliphatic heterocycles. The monoisotopic (exact) mass is 233 g/mol. The first-order chi connectivity index (χ1) is 8.25. The van der Waals surface area contributed by atoms with Crippen LogP contribution in [-0.4, -0.2) is 35.0 Å². The fraction of sp³-hybridized carbons (Fsp3) is 0.571. The topological polar surface area (TPSA) is 32.7 Å². The van der Waals surface area contributed by atoms with Crippen molar-refractivity contribution in [3.8, 4) is 0 Å². The molecule has 2 aliphatic rings. The number of fused-ring (bicyclic) bond motifs is 2. The van der Waals surface area contributed by atoms with E-state index in [4.69, 9.17) is 4.74 Å². The predicted molar refractivity (Wildman–Crippen MR) is 65.5 cm³/mol. The lowest BCUT2D eigenvalue weighted by molar-refractivity contribution is -0.103. The normalized spacial score (nSPS) is 34.8. The number of piperidine rings is 1. The Labute approximate surface area is 102 Å². The van der Waals surface area contributed by atoms with Crippen LogP contribution < -0.4 is 0 Å². The minimum absolute atomic E-state index is 0.170. The number of likely N-dealkylation sites (tertiary alicyclic amines) is 1. The van der Waals surface area contributed by atoms with Crippen molar-refractivity contribution >= 4 is 0 Å². The molecule has 2 bridgehead atoms. The Morgan fingerprint density at radius 1 is 1.35 bits per heavy atom. The summed E-state index contributed by atoms with van der Waals surface area (Å²) in [6, 6.07) is 11.0. The van der Waals surface area contributed by atoms with Crippen LogP contribution in [0.1, 0.15) is 31.4 Å². The number of hydrogen-bond donors (Lipinski definition) is 1. The van der Waals surface area contributed by atoms with Crippen LogP contribution in [0.25, 0.3) is 0 Å². The third-order valence-corrected chi connectivity index (χ3v) is 4.08. The maximum atomic E-state index is 9.90. The molecule has 2 fully saturated rings. The van der Waals surface area contributed by atoms with Gasteiger partial charge < -0.3 is 9.84 Å². The third-order valence-electron chi connectivity index (χ3n) is 4.08. The summed E-state index contributed by atoms with van der Waals surface area (Å²) in [4.78, 5) is 2.38. The fourth-order valence-corrected chi connectivity index (χ4v) is 3.08. The van der Waals surface area contributed by atoms with Gasteiger partial charge in [-0.2, -0.15) is 0 Å². The van der Waals surface area contributed by atoms with Gasteiger partial charge in [0.15, 0.2) is 6.29 Å². The lowest BCUT2D eigenvalue weighted by Crippen LogP contribution is -2.44. The van der Waals surface area contributed by atoms with Gasteiger partial charge >= 0.3 is 0 Å². The van der Waals surface area contributed by atoms with Gasteiger partial charge in [0.25, 0.3) is 0 Å². The second-order valence-corrected chi connectivity index (χ2v) is 5.06. The zero-order valence-electron chi connectivity index (χ0n) is 10.1. The van der Waals surface area contributed by atoms with E-state index in [1.807, 2.05) is 6.07 Å². The van der Waals surface area contributed by atoms with Crippen molar-refractivity contribution < 1.29 is 9.84 Å². The van der Waals surface area contributed by atoms with Gasteiger partial charge in [0.2, 0.25) is 0 Å². The molecule has 0 radical (unpaired) electrons. The SMILES string of the molecule is CC(c1ccccc1)N1CC[C@H]2C[C@@H]1C(O)O2. The molecular weight excluding hydrogens is 214 g/mol. The summed E-state index contributed by atoms with van der Waals surface area (Å²) >= 11 is 0. The molecule has 3 nitrogen and oxygen atoms in total. The van der Waals surface area contributed by atoms with Gasteiger partial charge in [0, 0.05) is 12.6 Å². The molecule has 3 rings (SSSR count). The summed E-state index contributed by atoms with van der Waals surface area (Å²) < 4.78 is 5.52. The molecule has 4 atom stereocenters. The van der Waals surface area contributed by atoms with Gasteiger partial charge in [-0.3, -0.25) is 4.90 Å². The molecule has 2 unspecified atom stereocenters. The lowest BCUT2D eigenvalue weighted by Gasteiger charge is -2.37. The smallest absolute Gasteiger partial charge is 0.170 e. The van der Waals surface area contributed by atoms with E-state index < -0.39 is 6.29 Å². The largest absolute Gasteiger partial charge is 0.367 e. The number of ether oxygens (including phenoxy) is 1. The highest BCUT2D eigenvalue weighted by molar-refractivity contribution is 5.19. The molecule has 1 N–H and O–H groups in total. The van der Waals surface area contributed by atoms with Crippen LogP contribution in [-0.2, 0) is 4.74 Å². The van der Waals surface area contributed by atoms with Gasteiger partial charge in [-0.15, -0.1) is 0 Å². The minimum Gasteiger partial charge on any atom is -0.367 e. The molecule has 0 saturated carbocycles. The van der Waals surface area contributed by atoms with Crippen LogP contribution in [0.3, 0.4) is 0 Å². The summed E-state index contributed by atoms with van der Waals surface area (Å²) in [5, 5.41) is 9.90. The van der Waals surface area contributed by atoms with Gasteiger partial charge in [0.1, 0.15) is 0 Å². The van der Waals surface area contributed by atoms with E-state index in [1.54, 1.807) is 0 Å². The summed E-state index contributed by atoms with van der Waals surface area (Å²) in [7, 11) is 0. The Balaban J connectivity index is 1.80. The van der Waals surface area contributed by atoms with E-state index in [1.165, 1.54) is 5.56 Å². The van der Waals surface area contributed by atoms with Gasteiger partial charge in [0.05, 0.1) is 12.1 Å². The number of benzene rings is 1.